The summed E-state index contributed by atoms with van der Waals surface area (Å²) in [7, 11) is 1.61. The Kier molecular flexibility index (Phi) is 4.75. The van der Waals surface area contributed by atoms with E-state index in [0.29, 0.717) is 23.5 Å². The van der Waals surface area contributed by atoms with Gasteiger partial charge in [-0.25, -0.2) is 4.39 Å². The number of amides is 1. The molecular formula is C25H20FN3O2. The lowest BCUT2D eigenvalue weighted by molar-refractivity contribution is 0.0730. The summed E-state index contributed by atoms with van der Waals surface area (Å²) < 4.78 is 19.4. The number of carbonyl (C=O) groups is 1. The molecule has 3 aromatic carbocycles. The molecule has 1 aliphatic heterocycles. The average molecular weight is 413 g/mol. The fourth-order valence-corrected chi connectivity index (χ4v) is 4.13. The highest BCUT2D eigenvalue weighted by Gasteiger charge is 2.42. The lowest BCUT2D eigenvalue weighted by Gasteiger charge is -2.26. The number of aromatic nitrogens is 2. The molecular weight excluding hydrogens is 393 g/mol. The second-order valence-corrected chi connectivity index (χ2v) is 7.47. The van der Waals surface area contributed by atoms with E-state index >= 15 is 0 Å². The highest BCUT2D eigenvalue weighted by atomic mass is 19.1. The minimum Gasteiger partial charge on any atom is -0.497 e. The number of aromatic amines is 1. The van der Waals surface area contributed by atoms with Crippen LogP contribution in [0.1, 0.15) is 33.2 Å². The van der Waals surface area contributed by atoms with Crippen molar-refractivity contribution in [1.82, 2.24) is 15.1 Å². The first-order valence-electron chi connectivity index (χ1n) is 9.99. The normalized spacial score (nSPS) is 15.2. The molecule has 4 aromatic rings. The van der Waals surface area contributed by atoms with E-state index in [9.17, 15) is 9.18 Å². The molecule has 0 fully saturated rings. The van der Waals surface area contributed by atoms with Crippen LogP contribution in [0, 0.1) is 5.82 Å². The molecule has 2 heterocycles. The van der Waals surface area contributed by atoms with E-state index in [-0.39, 0.29) is 11.7 Å². The van der Waals surface area contributed by atoms with Crippen LogP contribution in [-0.4, -0.2) is 28.1 Å². The summed E-state index contributed by atoms with van der Waals surface area (Å²) in [5, 5.41) is 7.37. The van der Waals surface area contributed by atoms with Crippen LogP contribution in [0.15, 0.2) is 78.9 Å². The Morgan fingerprint density at radius 1 is 1.03 bits per heavy atom. The zero-order valence-corrected chi connectivity index (χ0v) is 16.9. The summed E-state index contributed by atoms with van der Waals surface area (Å²) in [6.45, 7) is 0.376. The Balaban J connectivity index is 1.62. The fourth-order valence-electron chi connectivity index (χ4n) is 4.13. The van der Waals surface area contributed by atoms with E-state index in [1.54, 1.807) is 18.1 Å². The third-order valence-electron chi connectivity index (χ3n) is 5.59. The van der Waals surface area contributed by atoms with Crippen molar-refractivity contribution in [2.24, 2.45) is 0 Å². The van der Waals surface area contributed by atoms with Crippen LogP contribution in [0.3, 0.4) is 0 Å². The third kappa shape index (κ3) is 3.36. The molecule has 6 heteroatoms. The lowest BCUT2D eigenvalue weighted by atomic mass is 9.96. The van der Waals surface area contributed by atoms with Gasteiger partial charge in [-0.1, -0.05) is 54.6 Å². The molecule has 154 valence electrons. The fraction of sp³-hybridized carbons (Fsp3) is 0.120. The molecule has 0 radical (unpaired) electrons. The van der Waals surface area contributed by atoms with Gasteiger partial charge in [0.25, 0.3) is 5.91 Å². The molecule has 1 aliphatic rings. The SMILES string of the molecule is COc1ccc(CN2C(=O)c3[nH]nc(-c4ccccc4)c3C2c2cccc(F)c2)cc1. The van der Waals surface area contributed by atoms with Crippen molar-refractivity contribution in [1.29, 1.82) is 0 Å². The quantitative estimate of drug-likeness (QED) is 0.503. The Labute approximate surface area is 179 Å². The molecule has 1 aromatic heterocycles. The van der Waals surface area contributed by atoms with Crippen LogP contribution in [0.25, 0.3) is 11.3 Å². The second-order valence-electron chi connectivity index (χ2n) is 7.47. The Morgan fingerprint density at radius 2 is 1.81 bits per heavy atom. The highest BCUT2D eigenvalue weighted by molar-refractivity contribution is 6.00. The second kappa shape index (κ2) is 7.72. The predicted molar refractivity (Wildman–Crippen MR) is 115 cm³/mol. The van der Waals surface area contributed by atoms with Crippen LogP contribution < -0.4 is 4.74 Å². The molecule has 5 rings (SSSR count). The molecule has 31 heavy (non-hydrogen) atoms. The summed E-state index contributed by atoms with van der Waals surface area (Å²) in [6, 6.07) is 23.2. The van der Waals surface area contributed by atoms with Crippen molar-refractivity contribution < 1.29 is 13.9 Å². The smallest absolute Gasteiger partial charge is 0.273 e. The van der Waals surface area contributed by atoms with Gasteiger partial charge in [-0.05, 0) is 35.4 Å². The van der Waals surface area contributed by atoms with Gasteiger partial charge < -0.3 is 9.64 Å². The Morgan fingerprint density at radius 3 is 2.52 bits per heavy atom. The van der Waals surface area contributed by atoms with Gasteiger partial charge in [0.2, 0.25) is 0 Å². The first kappa shape index (κ1) is 19.1. The molecule has 1 N–H and O–H groups in total. The molecule has 0 aliphatic carbocycles. The molecule has 0 bridgehead atoms. The summed E-state index contributed by atoms with van der Waals surface area (Å²) in [5.41, 5.74) is 4.49. The maximum Gasteiger partial charge on any atom is 0.273 e. The van der Waals surface area contributed by atoms with Crippen LogP contribution >= 0.6 is 0 Å². The van der Waals surface area contributed by atoms with Gasteiger partial charge in [0, 0.05) is 17.7 Å². The number of halogens is 1. The van der Waals surface area contributed by atoms with Crippen LogP contribution in [0.5, 0.6) is 5.75 Å². The third-order valence-corrected chi connectivity index (χ3v) is 5.59. The largest absolute Gasteiger partial charge is 0.497 e. The molecule has 1 unspecified atom stereocenters. The van der Waals surface area contributed by atoms with Crippen molar-refractivity contribution >= 4 is 5.91 Å². The van der Waals surface area contributed by atoms with Crippen LogP contribution in [-0.2, 0) is 6.54 Å². The van der Waals surface area contributed by atoms with Crippen LogP contribution in [0.4, 0.5) is 4.39 Å². The van der Waals surface area contributed by atoms with Gasteiger partial charge in [0.1, 0.15) is 17.3 Å². The van der Waals surface area contributed by atoms with Gasteiger partial charge in [-0.15, -0.1) is 0 Å². The Bertz CT molecular complexity index is 1240. The summed E-state index contributed by atoms with van der Waals surface area (Å²) in [6.07, 6.45) is 0. The number of hydrogen-bond donors (Lipinski definition) is 1. The number of benzene rings is 3. The first-order valence-corrected chi connectivity index (χ1v) is 9.99. The minimum absolute atomic E-state index is 0.158. The highest BCUT2D eigenvalue weighted by Crippen LogP contribution is 2.43. The van der Waals surface area contributed by atoms with Crippen molar-refractivity contribution in [3.8, 4) is 17.0 Å². The summed E-state index contributed by atoms with van der Waals surface area (Å²) >= 11 is 0. The topological polar surface area (TPSA) is 58.2 Å². The van der Waals surface area contributed by atoms with Gasteiger partial charge in [0.05, 0.1) is 18.8 Å². The van der Waals surface area contributed by atoms with Gasteiger partial charge >= 0.3 is 0 Å². The van der Waals surface area contributed by atoms with Crippen molar-refractivity contribution in [3.05, 3.63) is 107 Å². The van der Waals surface area contributed by atoms with Crippen molar-refractivity contribution in [3.63, 3.8) is 0 Å². The number of nitrogens with one attached hydrogen (secondary N) is 1. The molecule has 0 spiro atoms. The van der Waals surface area contributed by atoms with E-state index in [4.69, 9.17) is 4.74 Å². The first-order chi connectivity index (χ1) is 15.2. The van der Waals surface area contributed by atoms with E-state index in [1.807, 2.05) is 60.7 Å². The van der Waals surface area contributed by atoms with E-state index < -0.39 is 6.04 Å². The number of fused-ring (bicyclic) bond motifs is 1. The number of nitrogens with zero attached hydrogens (tertiary/aromatic N) is 2. The number of H-pyrrole nitrogens is 1. The average Bonchev–Trinajstić information content (AvgIpc) is 3.34. The minimum atomic E-state index is -0.450. The number of rotatable bonds is 5. The van der Waals surface area contributed by atoms with Crippen molar-refractivity contribution in [2.75, 3.05) is 7.11 Å². The summed E-state index contributed by atoms with van der Waals surface area (Å²) in [5.74, 6) is 0.251. The molecule has 5 nitrogen and oxygen atoms in total. The Hall–Kier alpha value is -3.93. The van der Waals surface area contributed by atoms with Gasteiger partial charge in [-0.2, -0.15) is 5.10 Å². The van der Waals surface area contributed by atoms with Crippen LogP contribution in [0.2, 0.25) is 0 Å². The molecule has 0 saturated carbocycles. The summed E-state index contributed by atoms with van der Waals surface area (Å²) in [4.78, 5) is 15.1. The van der Waals surface area contributed by atoms with Crippen molar-refractivity contribution in [2.45, 2.75) is 12.6 Å². The van der Waals surface area contributed by atoms with Gasteiger partial charge in [-0.3, -0.25) is 9.89 Å². The maximum absolute atomic E-state index is 14.1. The molecule has 1 atom stereocenters. The predicted octanol–water partition coefficient (Wildman–Crippen LogP) is 4.97. The number of methoxy groups -OCH3 is 1. The van der Waals surface area contributed by atoms with E-state index in [1.165, 1.54) is 12.1 Å². The standard InChI is InChI=1S/C25H20FN3O2/c1-31-20-12-10-16(11-13-20)15-29-24(18-8-5-9-19(26)14-18)21-22(17-6-3-2-4-7-17)27-28-23(21)25(29)30/h2-14,24H,15H2,1H3,(H,27,28). The van der Waals surface area contributed by atoms with E-state index in [2.05, 4.69) is 10.2 Å². The lowest BCUT2D eigenvalue weighted by Crippen LogP contribution is -2.29. The van der Waals surface area contributed by atoms with Gasteiger partial charge in [0.15, 0.2) is 0 Å². The maximum atomic E-state index is 14.1. The zero-order chi connectivity index (χ0) is 21.4. The number of carbonyl (C=O) groups excluding carboxylic acids is 1. The zero-order valence-electron chi connectivity index (χ0n) is 16.9. The molecule has 0 saturated heterocycles. The molecule has 1 amide bonds. The monoisotopic (exact) mass is 413 g/mol. The number of ether oxygens (including phenoxy) is 1. The van der Waals surface area contributed by atoms with E-state index in [0.717, 1.165) is 22.4 Å². The number of hydrogen-bond acceptors (Lipinski definition) is 3.